The van der Waals surface area contributed by atoms with Crippen LogP contribution in [0.3, 0.4) is 0 Å². The molecule has 0 aliphatic carbocycles. The van der Waals surface area contributed by atoms with Gasteiger partial charge in [-0.25, -0.2) is 9.37 Å². The molecule has 0 aliphatic heterocycles. The number of nitrogens with two attached hydrogens (primary N) is 1. The minimum absolute atomic E-state index is 0.0164. The molecule has 9 heteroatoms. The van der Waals surface area contributed by atoms with Gasteiger partial charge in [-0.05, 0) is 29.7 Å². The van der Waals surface area contributed by atoms with E-state index in [0.717, 1.165) is 17.2 Å². The first-order chi connectivity index (χ1) is 19.2. The van der Waals surface area contributed by atoms with Crippen molar-refractivity contribution in [3.05, 3.63) is 131 Å². The zero-order valence-corrected chi connectivity index (χ0v) is 21.7. The maximum atomic E-state index is 15.0. The quantitative estimate of drug-likeness (QED) is 0.163. The topological polar surface area (TPSA) is 68.5 Å². The first-order valence-electron chi connectivity index (χ1n) is 12.8. The number of primary amides is 1. The summed E-state index contributed by atoms with van der Waals surface area (Å²) in [7, 11) is 0. The minimum atomic E-state index is -4.79. The predicted molar refractivity (Wildman–Crippen MR) is 144 cm³/mol. The van der Waals surface area contributed by atoms with Gasteiger partial charge in [0.05, 0.1) is 17.7 Å². The van der Waals surface area contributed by atoms with Crippen LogP contribution in [0.2, 0.25) is 0 Å². The van der Waals surface area contributed by atoms with E-state index in [1.54, 1.807) is 0 Å². The summed E-state index contributed by atoms with van der Waals surface area (Å²) in [4.78, 5) is 17.2. The average molecular weight is 552 g/mol. The third-order valence-electron chi connectivity index (χ3n) is 6.51. The number of halogens is 4. The summed E-state index contributed by atoms with van der Waals surface area (Å²) in [5.74, 6) is -1.64. The molecule has 1 heterocycles. The van der Waals surface area contributed by atoms with E-state index in [0.29, 0.717) is 25.4 Å². The lowest BCUT2D eigenvalue weighted by molar-refractivity contribution is -0.140. The van der Waals surface area contributed by atoms with Crippen molar-refractivity contribution in [2.45, 2.75) is 25.1 Å². The number of hydrogen-bond donors (Lipinski definition) is 1. The van der Waals surface area contributed by atoms with E-state index in [2.05, 4.69) is 4.98 Å². The molecule has 0 aliphatic rings. The van der Waals surface area contributed by atoms with Crippen LogP contribution in [0.15, 0.2) is 97.2 Å². The molecule has 40 heavy (non-hydrogen) atoms. The lowest BCUT2D eigenvalue weighted by atomic mass is 9.90. The van der Waals surface area contributed by atoms with Crippen LogP contribution in [0.5, 0.6) is 5.88 Å². The highest BCUT2D eigenvalue weighted by Gasteiger charge is 2.35. The molecule has 5 nitrogen and oxygen atoms in total. The largest absolute Gasteiger partial charge is 0.478 e. The number of hydrogen-bond acceptors (Lipinski definition) is 4. The van der Waals surface area contributed by atoms with Crippen molar-refractivity contribution in [3.63, 3.8) is 0 Å². The van der Waals surface area contributed by atoms with Gasteiger partial charge in [0.1, 0.15) is 5.82 Å². The fourth-order valence-electron chi connectivity index (χ4n) is 4.51. The number of nitrogens with zero attached hydrogens (tertiary/aromatic N) is 2. The SMILES string of the molecule is NC(=O)c1ccc(OCCCN(Cc2cccc(C(F)(F)F)c2F)CC(c2ccccc2)c2ccccc2)nc1. The molecule has 2 N–H and O–H groups in total. The number of ether oxygens (including phenoxy) is 1. The fraction of sp³-hybridized carbons (Fsp3) is 0.226. The van der Waals surface area contributed by atoms with Crippen LogP contribution >= 0.6 is 0 Å². The number of alkyl halides is 3. The normalized spacial score (nSPS) is 11.7. The number of rotatable bonds is 12. The highest BCUT2D eigenvalue weighted by molar-refractivity contribution is 5.92. The zero-order chi connectivity index (χ0) is 28.5. The highest BCUT2D eigenvalue weighted by atomic mass is 19.4. The van der Waals surface area contributed by atoms with Gasteiger partial charge in [0, 0.05) is 43.4 Å². The molecule has 0 spiro atoms. The second kappa shape index (κ2) is 13.2. The van der Waals surface area contributed by atoms with Gasteiger partial charge in [-0.1, -0.05) is 72.8 Å². The van der Waals surface area contributed by atoms with Crippen molar-refractivity contribution in [1.82, 2.24) is 9.88 Å². The molecule has 0 bridgehead atoms. The van der Waals surface area contributed by atoms with Crippen LogP contribution in [-0.2, 0) is 12.7 Å². The maximum Gasteiger partial charge on any atom is 0.419 e. The van der Waals surface area contributed by atoms with Gasteiger partial charge in [-0.15, -0.1) is 0 Å². The Labute approximate surface area is 230 Å². The third-order valence-corrected chi connectivity index (χ3v) is 6.51. The summed E-state index contributed by atoms with van der Waals surface area (Å²) in [6, 6.07) is 26.0. The molecular formula is C31H29F4N3O2. The molecule has 0 atom stereocenters. The Balaban J connectivity index is 1.54. The lowest BCUT2D eigenvalue weighted by Gasteiger charge is -2.29. The summed E-state index contributed by atoms with van der Waals surface area (Å²) in [5, 5.41) is 0. The van der Waals surface area contributed by atoms with E-state index in [1.807, 2.05) is 65.6 Å². The van der Waals surface area contributed by atoms with Crippen molar-refractivity contribution in [2.75, 3.05) is 19.7 Å². The number of aromatic nitrogens is 1. The average Bonchev–Trinajstić information content (AvgIpc) is 2.95. The van der Waals surface area contributed by atoms with Gasteiger partial charge < -0.3 is 10.5 Å². The molecule has 0 saturated carbocycles. The summed E-state index contributed by atoms with van der Waals surface area (Å²) in [6.07, 6.45) is -2.97. The number of carbonyl (C=O) groups is 1. The van der Waals surface area contributed by atoms with Crippen molar-refractivity contribution in [1.29, 1.82) is 0 Å². The second-order valence-electron chi connectivity index (χ2n) is 9.34. The third kappa shape index (κ3) is 7.66. The number of pyridine rings is 1. The molecular weight excluding hydrogens is 522 g/mol. The van der Waals surface area contributed by atoms with E-state index in [1.165, 1.54) is 30.5 Å². The van der Waals surface area contributed by atoms with Crippen LogP contribution < -0.4 is 10.5 Å². The first-order valence-corrected chi connectivity index (χ1v) is 12.8. The Morgan fingerprint density at radius 3 is 2.10 bits per heavy atom. The number of carbonyl (C=O) groups excluding carboxylic acids is 1. The van der Waals surface area contributed by atoms with Crippen LogP contribution in [0.4, 0.5) is 17.6 Å². The van der Waals surface area contributed by atoms with Gasteiger partial charge in [0.15, 0.2) is 0 Å². The fourth-order valence-corrected chi connectivity index (χ4v) is 4.51. The number of amides is 1. The second-order valence-corrected chi connectivity index (χ2v) is 9.34. The summed E-state index contributed by atoms with van der Waals surface area (Å²) in [6.45, 7) is 1.10. The van der Waals surface area contributed by atoms with Crippen LogP contribution in [-0.4, -0.2) is 35.5 Å². The van der Waals surface area contributed by atoms with E-state index >= 15 is 0 Å². The standard InChI is InChI=1S/C31H29F4N3O2/c32-29-25(13-7-14-27(29)31(33,34)35)20-38(17-8-18-40-28-16-15-24(19-37-28)30(36)39)21-26(22-9-3-1-4-10-22)23-11-5-2-6-12-23/h1-7,9-16,19,26H,8,17-18,20-21H2,(H2,36,39). The van der Waals surface area contributed by atoms with Crippen molar-refractivity contribution < 1.29 is 27.1 Å². The molecule has 4 rings (SSSR count). The molecule has 3 aromatic carbocycles. The molecule has 1 amide bonds. The Morgan fingerprint density at radius 2 is 1.55 bits per heavy atom. The molecule has 1 aromatic heterocycles. The Hall–Kier alpha value is -4.24. The van der Waals surface area contributed by atoms with E-state index < -0.39 is 23.5 Å². The maximum absolute atomic E-state index is 15.0. The van der Waals surface area contributed by atoms with Gasteiger partial charge in [0.2, 0.25) is 11.8 Å². The van der Waals surface area contributed by atoms with Gasteiger partial charge in [0.25, 0.3) is 0 Å². The minimum Gasteiger partial charge on any atom is -0.478 e. The van der Waals surface area contributed by atoms with Gasteiger partial charge >= 0.3 is 6.18 Å². The summed E-state index contributed by atoms with van der Waals surface area (Å²) in [5.41, 5.74) is 6.27. The molecule has 208 valence electrons. The molecule has 0 saturated heterocycles. The van der Waals surface area contributed by atoms with Crippen molar-refractivity contribution in [2.24, 2.45) is 5.73 Å². The molecule has 0 fully saturated rings. The molecule has 0 unspecified atom stereocenters. The van der Waals surface area contributed by atoms with E-state index in [9.17, 15) is 22.4 Å². The van der Waals surface area contributed by atoms with Crippen LogP contribution in [0, 0.1) is 5.82 Å². The van der Waals surface area contributed by atoms with E-state index in [4.69, 9.17) is 10.5 Å². The zero-order valence-electron chi connectivity index (χ0n) is 21.7. The van der Waals surface area contributed by atoms with Crippen molar-refractivity contribution in [3.8, 4) is 5.88 Å². The monoisotopic (exact) mass is 551 g/mol. The van der Waals surface area contributed by atoms with Gasteiger partial charge in [-0.2, -0.15) is 13.2 Å². The smallest absolute Gasteiger partial charge is 0.419 e. The first kappa shape index (κ1) is 28.8. The Kier molecular flexibility index (Phi) is 9.50. The van der Waals surface area contributed by atoms with E-state index in [-0.39, 0.29) is 30.2 Å². The number of benzene rings is 3. The molecule has 0 radical (unpaired) electrons. The van der Waals surface area contributed by atoms with Crippen LogP contribution in [0.25, 0.3) is 0 Å². The predicted octanol–water partition coefficient (Wildman–Crippen LogP) is 6.44. The van der Waals surface area contributed by atoms with Crippen molar-refractivity contribution >= 4 is 5.91 Å². The Bertz CT molecular complexity index is 1340. The van der Waals surface area contributed by atoms with Crippen LogP contribution in [0.1, 0.15) is 45.0 Å². The van der Waals surface area contributed by atoms with Gasteiger partial charge in [-0.3, -0.25) is 9.69 Å². The Morgan fingerprint density at radius 1 is 0.900 bits per heavy atom. The summed E-state index contributed by atoms with van der Waals surface area (Å²) < 4.78 is 60.9. The molecule has 4 aromatic rings. The highest BCUT2D eigenvalue weighted by Crippen LogP contribution is 2.33. The summed E-state index contributed by atoms with van der Waals surface area (Å²) >= 11 is 0. The lowest BCUT2D eigenvalue weighted by Crippen LogP contribution is -2.31.